The Morgan fingerprint density at radius 1 is 1.04 bits per heavy atom. The van der Waals surface area contributed by atoms with Crippen LogP contribution in [0.3, 0.4) is 0 Å². The Morgan fingerprint density at radius 2 is 1.57 bits per heavy atom. The molecule has 2 aromatic rings. The number of hydrogen-bond acceptors (Lipinski definition) is 5. The lowest BCUT2D eigenvalue weighted by atomic mass is 10.1. The van der Waals surface area contributed by atoms with E-state index in [1.54, 1.807) is 5.32 Å². The molecular weight excluding hydrogens is 435 g/mol. The van der Waals surface area contributed by atoms with Gasteiger partial charge in [-0.2, -0.15) is 0 Å². The molecule has 0 aliphatic carbocycles. The van der Waals surface area contributed by atoms with E-state index in [1.807, 2.05) is 30.3 Å². The number of quaternary nitrogens is 1. The van der Waals surface area contributed by atoms with Crippen molar-refractivity contribution in [1.82, 2.24) is 5.32 Å². The number of halogens is 3. The predicted molar refractivity (Wildman–Crippen MR) is 103 cm³/mol. The number of benzene rings is 2. The van der Waals surface area contributed by atoms with Gasteiger partial charge in [0.2, 0.25) is 6.17 Å². The maximum absolute atomic E-state index is 12.5. The summed E-state index contributed by atoms with van der Waals surface area (Å²) >= 11 is 17.8. The van der Waals surface area contributed by atoms with Crippen LogP contribution in [-0.4, -0.2) is 25.7 Å². The molecule has 0 aliphatic heterocycles. The number of carbonyl (C=O) groups is 1. The molecule has 148 valence electrons. The monoisotopic (exact) mass is 447 g/mol. The molecule has 0 spiro atoms. The number of rotatable bonds is 7. The Bertz CT molecular complexity index is 857. The first-order valence-electron chi connectivity index (χ1n) is 7.76. The summed E-state index contributed by atoms with van der Waals surface area (Å²) in [5, 5.41) is 25.9. The normalized spacial score (nSPS) is 12.2. The Kier molecular flexibility index (Phi) is 7.14. The van der Waals surface area contributed by atoms with Crippen molar-refractivity contribution in [1.29, 1.82) is 0 Å². The third kappa shape index (κ3) is 6.03. The number of nitrogens with zero attached hydrogens (tertiary/aromatic N) is 2. The van der Waals surface area contributed by atoms with Gasteiger partial charge in [0.25, 0.3) is 21.1 Å². The van der Waals surface area contributed by atoms with Crippen LogP contribution in [0.15, 0.2) is 48.5 Å². The quantitative estimate of drug-likeness (QED) is 0.291. The maximum Gasteiger partial charge on any atom is 0.277 e. The summed E-state index contributed by atoms with van der Waals surface area (Å²) in [5.74, 6) is -0.854. The Labute approximate surface area is 173 Å². The minimum atomic E-state index is -1.91. The molecule has 9 nitrogen and oxygen atoms in total. The summed E-state index contributed by atoms with van der Waals surface area (Å²) in [6.07, 6.45) is -1.05. The van der Waals surface area contributed by atoms with Crippen LogP contribution in [-0.2, 0) is 6.54 Å². The van der Waals surface area contributed by atoms with Crippen molar-refractivity contribution in [2.75, 3.05) is 0 Å². The Hall–Kier alpha value is -2.46. The van der Waals surface area contributed by atoms with Crippen LogP contribution in [0.1, 0.15) is 15.9 Å². The van der Waals surface area contributed by atoms with E-state index < -0.39 is 37.1 Å². The zero-order valence-electron chi connectivity index (χ0n) is 14.1. The molecule has 0 aromatic heterocycles. The van der Waals surface area contributed by atoms with Crippen molar-refractivity contribution in [3.63, 3.8) is 0 Å². The van der Waals surface area contributed by atoms with Gasteiger partial charge in [-0.15, -0.1) is 0 Å². The molecule has 0 radical (unpaired) electrons. The smallest absolute Gasteiger partial charge is 0.277 e. The highest BCUT2D eigenvalue weighted by molar-refractivity contribution is 6.68. The number of carbonyl (C=O) groups excluding carboxylic acids is 1. The van der Waals surface area contributed by atoms with E-state index in [1.165, 1.54) is 0 Å². The molecule has 1 amide bonds. The van der Waals surface area contributed by atoms with Gasteiger partial charge in [0.15, 0.2) is 0 Å². The van der Waals surface area contributed by atoms with Crippen LogP contribution < -0.4 is 10.6 Å². The van der Waals surface area contributed by atoms with Crippen LogP contribution in [0.4, 0.5) is 11.4 Å². The predicted octanol–water partition coefficient (Wildman–Crippen LogP) is 2.69. The number of alkyl halides is 3. The Balaban J connectivity index is 2.23. The van der Waals surface area contributed by atoms with Gasteiger partial charge in [-0.3, -0.25) is 30.3 Å². The molecule has 2 rings (SSSR count). The second-order valence-corrected chi connectivity index (χ2v) is 8.04. The summed E-state index contributed by atoms with van der Waals surface area (Å²) in [7, 11) is 0. The van der Waals surface area contributed by atoms with Crippen LogP contribution in [0.5, 0.6) is 0 Å². The summed E-state index contributed by atoms with van der Waals surface area (Å²) in [6.45, 7) is 0.370. The van der Waals surface area contributed by atoms with Gasteiger partial charge in [-0.05, 0) is 0 Å². The molecule has 28 heavy (non-hydrogen) atoms. The van der Waals surface area contributed by atoms with Gasteiger partial charge in [0, 0.05) is 17.7 Å². The first kappa shape index (κ1) is 21.8. The Morgan fingerprint density at radius 3 is 2.04 bits per heavy atom. The lowest BCUT2D eigenvalue weighted by molar-refractivity contribution is -0.706. The second-order valence-electron chi connectivity index (χ2n) is 5.67. The highest BCUT2D eigenvalue weighted by atomic mass is 35.6. The van der Waals surface area contributed by atoms with E-state index in [0.29, 0.717) is 6.54 Å². The molecular formula is C16H14Cl3N4O5+. The third-order valence-corrected chi connectivity index (χ3v) is 4.36. The molecule has 3 N–H and O–H groups in total. The van der Waals surface area contributed by atoms with E-state index in [-0.39, 0.29) is 5.56 Å². The topological polar surface area (TPSA) is 132 Å². The van der Waals surface area contributed by atoms with E-state index in [0.717, 1.165) is 23.8 Å². The fourth-order valence-electron chi connectivity index (χ4n) is 2.30. The molecule has 0 saturated carbocycles. The SMILES string of the molecule is O=C(N[C@@H]([NH2+]Cc1ccccc1)C(Cl)(Cl)Cl)c1cc([N+](=O)[O-])cc([N+](=O)[O-])c1. The summed E-state index contributed by atoms with van der Waals surface area (Å²) in [6, 6.07) is 11.8. The number of nitro benzene ring substituents is 2. The molecule has 0 heterocycles. The van der Waals surface area contributed by atoms with E-state index in [2.05, 4.69) is 5.32 Å². The first-order chi connectivity index (χ1) is 13.1. The van der Waals surface area contributed by atoms with E-state index in [9.17, 15) is 25.0 Å². The molecule has 0 unspecified atom stereocenters. The molecule has 1 atom stereocenters. The van der Waals surface area contributed by atoms with Crippen molar-refractivity contribution in [2.24, 2.45) is 0 Å². The highest BCUT2D eigenvalue weighted by Gasteiger charge is 2.38. The van der Waals surface area contributed by atoms with E-state index in [4.69, 9.17) is 34.8 Å². The number of nitrogens with two attached hydrogens (primary N) is 1. The van der Waals surface area contributed by atoms with Crippen molar-refractivity contribution in [2.45, 2.75) is 16.5 Å². The fraction of sp³-hybridized carbons (Fsp3) is 0.188. The fourth-order valence-corrected chi connectivity index (χ4v) is 2.73. The van der Waals surface area contributed by atoms with Crippen molar-refractivity contribution < 1.29 is 20.0 Å². The largest absolute Gasteiger partial charge is 0.319 e. The lowest BCUT2D eigenvalue weighted by Gasteiger charge is -2.23. The molecule has 0 aliphatic rings. The zero-order valence-corrected chi connectivity index (χ0v) is 16.3. The maximum atomic E-state index is 12.5. The average molecular weight is 449 g/mol. The van der Waals surface area contributed by atoms with Gasteiger partial charge in [-0.25, -0.2) is 0 Å². The van der Waals surface area contributed by atoms with E-state index >= 15 is 0 Å². The minimum Gasteiger partial charge on any atom is -0.319 e. The standard InChI is InChI=1S/C16H13Cl3N4O5/c17-16(18,19)15(20-9-10-4-2-1-3-5-10)21-14(24)11-6-12(22(25)26)8-13(7-11)23(27)28/h1-8,15,20H,9H2,(H,21,24)/p+1/t15-/m1/s1. The van der Waals surface area contributed by atoms with Crippen molar-refractivity contribution in [3.8, 4) is 0 Å². The minimum absolute atomic E-state index is 0.298. The highest BCUT2D eigenvalue weighted by Crippen LogP contribution is 2.28. The lowest BCUT2D eigenvalue weighted by Crippen LogP contribution is -2.95. The number of hydrogen-bond donors (Lipinski definition) is 2. The zero-order chi connectivity index (χ0) is 20.9. The summed E-state index contributed by atoms with van der Waals surface area (Å²) in [4.78, 5) is 32.8. The number of non-ortho nitro benzene ring substituents is 2. The van der Waals surface area contributed by atoms with Crippen LogP contribution in [0.25, 0.3) is 0 Å². The number of nitro groups is 2. The van der Waals surface area contributed by atoms with Crippen molar-refractivity contribution in [3.05, 3.63) is 79.9 Å². The number of amides is 1. The third-order valence-electron chi connectivity index (χ3n) is 3.66. The molecule has 2 aromatic carbocycles. The van der Waals surface area contributed by atoms with Gasteiger partial charge in [0.05, 0.1) is 21.5 Å². The van der Waals surface area contributed by atoms with Gasteiger partial charge >= 0.3 is 0 Å². The number of nitrogens with one attached hydrogen (secondary N) is 1. The molecule has 0 fully saturated rings. The summed E-state index contributed by atoms with van der Waals surface area (Å²) in [5.41, 5.74) is -0.591. The van der Waals surface area contributed by atoms with Crippen LogP contribution in [0, 0.1) is 20.2 Å². The van der Waals surface area contributed by atoms with Crippen LogP contribution >= 0.6 is 34.8 Å². The van der Waals surface area contributed by atoms with Crippen molar-refractivity contribution >= 4 is 52.1 Å². The first-order valence-corrected chi connectivity index (χ1v) is 8.90. The molecule has 0 saturated heterocycles. The molecule has 0 bridgehead atoms. The van der Waals surface area contributed by atoms with Crippen LogP contribution in [0.2, 0.25) is 0 Å². The average Bonchev–Trinajstić information content (AvgIpc) is 2.64. The summed E-state index contributed by atoms with van der Waals surface area (Å²) < 4.78 is -1.91. The van der Waals surface area contributed by atoms with Gasteiger partial charge < -0.3 is 5.32 Å². The second kappa shape index (κ2) is 9.16. The van der Waals surface area contributed by atoms with Gasteiger partial charge in [0.1, 0.15) is 6.54 Å². The van der Waals surface area contributed by atoms with Gasteiger partial charge in [-0.1, -0.05) is 65.1 Å². The molecule has 12 heteroatoms.